The smallest absolute Gasteiger partial charge is 0.417 e. The Hall–Kier alpha value is -2.32. The fourth-order valence-corrected chi connectivity index (χ4v) is 4.85. The van der Waals surface area contributed by atoms with Crippen molar-refractivity contribution >= 4 is 0 Å². The molecule has 2 aromatic rings. The van der Waals surface area contributed by atoms with E-state index in [1.165, 1.54) is 0 Å². The molecule has 0 spiro atoms. The van der Waals surface area contributed by atoms with Crippen molar-refractivity contribution in [2.45, 2.75) is 63.7 Å². The van der Waals surface area contributed by atoms with Gasteiger partial charge in [-0.05, 0) is 60.8 Å². The lowest BCUT2D eigenvalue weighted by molar-refractivity contribution is -0.162. The average Bonchev–Trinajstić information content (AvgIpc) is 2.74. The highest BCUT2D eigenvalue weighted by Gasteiger charge is 2.48. The normalized spacial score (nSPS) is 19.6. The maximum atomic E-state index is 14.6. The number of alkyl halides is 6. The summed E-state index contributed by atoms with van der Waals surface area (Å²) in [7, 11) is 1.03. The van der Waals surface area contributed by atoms with Crippen molar-refractivity contribution in [3.8, 4) is 16.9 Å². The van der Waals surface area contributed by atoms with Crippen molar-refractivity contribution < 1.29 is 39.9 Å². The second-order valence-electron chi connectivity index (χ2n) is 8.40. The molecule has 0 saturated heterocycles. The van der Waals surface area contributed by atoms with E-state index in [0.29, 0.717) is 31.6 Å². The first kappa shape index (κ1) is 25.3. The Kier molecular flexibility index (Phi) is 7.29. The van der Waals surface area contributed by atoms with Crippen LogP contribution in [-0.2, 0) is 12.4 Å². The summed E-state index contributed by atoms with van der Waals surface area (Å²) >= 11 is 0. The van der Waals surface area contributed by atoms with Crippen LogP contribution in [0.5, 0.6) is 5.75 Å². The van der Waals surface area contributed by atoms with E-state index in [9.17, 15) is 35.1 Å². The standard InChI is InChI=1S/C24H24F8O/c1-3-4-13-5-7-14(8-6-13)15-9-10-16(17-11-12-18(33-2)22(26)21(17)25)20(24(30,31)32)19(15)23(27,28)29/h9-14H,3-8H2,1-2H3. The molecule has 9 heteroatoms. The minimum absolute atomic E-state index is 0.343. The van der Waals surface area contributed by atoms with Gasteiger partial charge in [0.2, 0.25) is 5.82 Å². The average molecular weight is 480 g/mol. The molecular weight excluding hydrogens is 456 g/mol. The van der Waals surface area contributed by atoms with Crippen LogP contribution in [0, 0.1) is 17.6 Å². The molecule has 1 aliphatic carbocycles. The summed E-state index contributed by atoms with van der Waals surface area (Å²) in [5, 5.41) is 0. The Morgan fingerprint density at radius 3 is 1.88 bits per heavy atom. The van der Waals surface area contributed by atoms with E-state index in [2.05, 4.69) is 4.74 Å². The predicted molar refractivity (Wildman–Crippen MR) is 108 cm³/mol. The van der Waals surface area contributed by atoms with Crippen LogP contribution < -0.4 is 4.74 Å². The van der Waals surface area contributed by atoms with Crippen molar-refractivity contribution in [1.29, 1.82) is 0 Å². The van der Waals surface area contributed by atoms with Gasteiger partial charge in [0.15, 0.2) is 11.6 Å². The van der Waals surface area contributed by atoms with Crippen LogP contribution in [0.2, 0.25) is 0 Å². The van der Waals surface area contributed by atoms with Crippen molar-refractivity contribution in [1.82, 2.24) is 0 Å². The Morgan fingerprint density at radius 2 is 1.36 bits per heavy atom. The highest BCUT2D eigenvalue weighted by Crippen LogP contribution is 2.51. The van der Waals surface area contributed by atoms with Gasteiger partial charge in [-0.3, -0.25) is 0 Å². The van der Waals surface area contributed by atoms with Gasteiger partial charge in [-0.15, -0.1) is 0 Å². The molecule has 0 bridgehead atoms. The van der Waals surface area contributed by atoms with Crippen LogP contribution in [0.15, 0.2) is 24.3 Å². The zero-order valence-corrected chi connectivity index (χ0v) is 18.1. The molecule has 33 heavy (non-hydrogen) atoms. The Labute approximate surface area is 186 Å². The van der Waals surface area contributed by atoms with E-state index in [1.807, 2.05) is 6.92 Å². The van der Waals surface area contributed by atoms with Crippen molar-refractivity contribution in [3.05, 3.63) is 52.6 Å². The molecule has 1 fully saturated rings. The Balaban J connectivity index is 2.22. The topological polar surface area (TPSA) is 9.23 Å². The van der Waals surface area contributed by atoms with Crippen LogP contribution in [0.4, 0.5) is 35.1 Å². The van der Waals surface area contributed by atoms with Crippen LogP contribution in [-0.4, -0.2) is 7.11 Å². The highest BCUT2D eigenvalue weighted by atomic mass is 19.4. The molecule has 1 aliphatic rings. The number of hydrogen-bond donors (Lipinski definition) is 0. The third-order valence-electron chi connectivity index (χ3n) is 6.34. The predicted octanol–water partition coefficient (Wildman–Crippen LogP) is 8.75. The van der Waals surface area contributed by atoms with Gasteiger partial charge in [0.05, 0.1) is 18.2 Å². The Bertz CT molecular complexity index is 985. The fraction of sp³-hybridized carbons (Fsp3) is 0.500. The quantitative estimate of drug-likeness (QED) is 0.389. The fourth-order valence-electron chi connectivity index (χ4n) is 4.85. The molecule has 0 heterocycles. The van der Waals surface area contributed by atoms with Gasteiger partial charge in [0, 0.05) is 5.56 Å². The molecule has 1 nitrogen and oxygen atoms in total. The summed E-state index contributed by atoms with van der Waals surface area (Å²) in [5.74, 6) is -4.20. The Morgan fingerprint density at radius 1 is 0.788 bits per heavy atom. The molecule has 0 atom stereocenters. The summed E-state index contributed by atoms with van der Waals surface area (Å²) < 4.78 is 118. The zero-order chi connectivity index (χ0) is 24.6. The van der Waals surface area contributed by atoms with Gasteiger partial charge in [-0.2, -0.15) is 30.7 Å². The number of ether oxygens (including phenoxy) is 1. The van der Waals surface area contributed by atoms with E-state index in [1.54, 1.807) is 0 Å². The van der Waals surface area contributed by atoms with E-state index in [0.717, 1.165) is 44.2 Å². The van der Waals surface area contributed by atoms with Crippen molar-refractivity contribution in [2.75, 3.05) is 7.11 Å². The maximum Gasteiger partial charge on any atom is 0.417 e. The van der Waals surface area contributed by atoms with Crippen LogP contribution in [0.1, 0.15) is 68.1 Å². The van der Waals surface area contributed by atoms with Gasteiger partial charge >= 0.3 is 12.4 Å². The molecule has 1 saturated carbocycles. The molecule has 0 amide bonds. The molecular formula is C24H24F8O. The first-order valence-corrected chi connectivity index (χ1v) is 10.7. The summed E-state index contributed by atoms with van der Waals surface area (Å²) in [5.41, 5.74) is -6.22. The number of benzene rings is 2. The minimum Gasteiger partial charge on any atom is -0.494 e. The van der Waals surface area contributed by atoms with E-state index >= 15 is 0 Å². The molecule has 0 aromatic heterocycles. The molecule has 2 aromatic carbocycles. The number of methoxy groups -OCH3 is 1. The first-order valence-electron chi connectivity index (χ1n) is 10.7. The van der Waals surface area contributed by atoms with Gasteiger partial charge in [0.25, 0.3) is 0 Å². The molecule has 182 valence electrons. The lowest BCUT2D eigenvalue weighted by Crippen LogP contribution is -2.23. The van der Waals surface area contributed by atoms with Crippen LogP contribution in [0.25, 0.3) is 11.1 Å². The van der Waals surface area contributed by atoms with E-state index in [4.69, 9.17) is 0 Å². The molecule has 0 radical (unpaired) electrons. The maximum absolute atomic E-state index is 14.6. The summed E-state index contributed by atoms with van der Waals surface area (Å²) in [6.07, 6.45) is -6.97. The molecule has 0 aliphatic heterocycles. The summed E-state index contributed by atoms with van der Waals surface area (Å²) in [6.45, 7) is 2.00. The number of rotatable bonds is 5. The van der Waals surface area contributed by atoms with Gasteiger partial charge in [0.1, 0.15) is 0 Å². The summed E-state index contributed by atoms with van der Waals surface area (Å²) in [6, 6.07) is 3.47. The SMILES string of the molecule is CCCC1CCC(c2ccc(-c3ccc(OC)c(F)c3F)c(C(F)(F)F)c2C(F)(F)F)CC1. The third kappa shape index (κ3) is 5.11. The molecule has 0 N–H and O–H groups in total. The highest BCUT2D eigenvalue weighted by molar-refractivity contribution is 5.72. The third-order valence-corrected chi connectivity index (χ3v) is 6.34. The molecule has 0 unspecified atom stereocenters. The van der Waals surface area contributed by atoms with Crippen LogP contribution >= 0.6 is 0 Å². The zero-order valence-electron chi connectivity index (χ0n) is 18.1. The van der Waals surface area contributed by atoms with Crippen molar-refractivity contribution in [3.63, 3.8) is 0 Å². The second-order valence-corrected chi connectivity index (χ2v) is 8.40. The number of hydrogen-bond acceptors (Lipinski definition) is 1. The van der Waals surface area contributed by atoms with E-state index in [-0.39, 0.29) is 0 Å². The second kappa shape index (κ2) is 9.50. The van der Waals surface area contributed by atoms with E-state index < -0.39 is 63.5 Å². The van der Waals surface area contributed by atoms with Gasteiger partial charge < -0.3 is 4.74 Å². The van der Waals surface area contributed by atoms with Crippen LogP contribution in [0.3, 0.4) is 0 Å². The summed E-state index contributed by atoms with van der Waals surface area (Å²) in [4.78, 5) is 0. The lowest BCUT2D eigenvalue weighted by Gasteiger charge is -2.32. The number of halogens is 8. The lowest BCUT2D eigenvalue weighted by atomic mass is 9.75. The van der Waals surface area contributed by atoms with Gasteiger partial charge in [-0.1, -0.05) is 31.9 Å². The minimum atomic E-state index is -5.45. The first-order chi connectivity index (χ1) is 15.4. The molecule has 3 rings (SSSR count). The monoisotopic (exact) mass is 480 g/mol. The van der Waals surface area contributed by atoms with Gasteiger partial charge in [-0.25, -0.2) is 4.39 Å². The largest absolute Gasteiger partial charge is 0.494 e. The van der Waals surface area contributed by atoms with Crippen molar-refractivity contribution in [2.24, 2.45) is 5.92 Å².